The van der Waals surface area contributed by atoms with Crippen LogP contribution < -0.4 is 10.9 Å². The van der Waals surface area contributed by atoms with Gasteiger partial charge in [-0.05, 0) is 30.8 Å². The molecule has 5 nitrogen and oxygen atoms in total. The normalized spacial score (nSPS) is 11.2. The zero-order valence-electron chi connectivity index (χ0n) is 12.7. The molecule has 0 saturated heterocycles. The van der Waals surface area contributed by atoms with Crippen LogP contribution in [-0.4, -0.2) is 21.8 Å². The molecule has 0 spiro atoms. The van der Waals surface area contributed by atoms with Crippen LogP contribution in [0.4, 0.5) is 0 Å². The second-order valence-electron chi connectivity index (χ2n) is 5.32. The number of benzene rings is 1. The maximum Gasteiger partial charge on any atom is 0.265 e. The van der Waals surface area contributed by atoms with Crippen LogP contribution in [0.5, 0.6) is 0 Å². The number of amides is 1. The lowest BCUT2D eigenvalue weighted by Crippen LogP contribution is -2.24. The van der Waals surface area contributed by atoms with Gasteiger partial charge in [-0.2, -0.15) is 0 Å². The van der Waals surface area contributed by atoms with Crippen molar-refractivity contribution in [2.45, 2.75) is 26.2 Å². The number of hydrogen-bond acceptors (Lipinski definition) is 4. The van der Waals surface area contributed by atoms with Crippen LogP contribution >= 0.6 is 23.6 Å². The highest BCUT2D eigenvalue weighted by Crippen LogP contribution is 2.22. The average Bonchev–Trinajstić information content (AvgIpc) is 2.88. The minimum Gasteiger partial charge on any atom is -0.351 e. The number of carbonyl (C=O) groups is 1. The van der Waals surface area contributed by atoms with Gasteiger partial charge in [0.2, 0.25) is 0 Å². The molecule has 2 aromatic heterocycles. The summed E-state index contributed by atoms with van der Waals surface area (Å²) in [5.41, 5.74) is 0.975. The molecule has 0 fully saturated rings. The van der Waals surface area contributed by atoms with E-state index in [-0.39, 0.29) is 11.5 Å². The van der Waals surface area contributed by atoms with Gasteiger partial charge in [0, 0.05) is 6.54 Å². The molecule has 0 aliphatic heterocycles. The number of aromatic amines is 1. The van der Waals surface area contributed by atoms with Crippen molar-refractivity contribution < 1.29 is 4.79 Å². The SMILES string of the molecule is CCCCCNC(=O)c1sc(=S)n2c1[nH]c(=O)c1ccccc12. The highest BCUT2D eigenvalue weighted by Gasteiger charge is 2.17. The Morgan fingerprint density at radius 1 is 1.35 bits per heavy atom. The first kappa shape index (κ1) is 15.9. The number of nitrogens with one attached hydrogen (secondary N) is 2. The predicted octanol–water partition coefficient (Wildman–Crippen LogP) is 3.49. The first-order chi connectivity index (χ1) is 11.1. The first-order valence-corrected chi connectivity index (χ1v) is 8.80. The van der Waals surface area contributed by atoms with Crippen LogP contribution in [0.2, 0.25) is 0 Å². The Balaban J connectivity index is 2.08. The van der Waals surface area contributed by atoms with Gasteiger partial charge < -0.3 is 10.3 Å². The van der Waals surface area contributed by atoms with Crippen molar-refractivity contribution in [3.05, 3.63) is 43.5 Å². The molecular weight excluding hydrogens is 330 g/mol. The number of H-pyrrole nitrogens is 1. The molecule has 1 amide bonds. The van der Waals surface area contributed by atoms with E-state index in [0.29, 0.717) is 26.4 Å². The van der Waals surface area contributed by atoms with E-state index in [4.69, 9.17) is 12.2 Å². The Hall–Kier alpha value is -1.99. The van der Waals surface area contributed by atoms with Crippen molar-refractivity contribution in [1.29, 1.82) is 0 Å². The number of hydrogen-bond donors (Lipinski definition) is 2. The number of nitrogens with zero attached hydrogens (tertiary/aromatic N) is 1. The molecule has 0 radical (unpaired) electrons. The second kappa shape index (κ2) is 6.64. The Morgan fingerprint density at radius 2 is 2.13 bits per heavy atom. The van der Waals surface area contributed by atoms with Gasteiger partial charge in [-0.3, -0.25) is 14.0 Å². The fourth-order valence-corrected chi connectivity index (χ4v) is 3.85. The third-order valence-corrected chi connectivity index (χ3v) is 5.08. The van der Waals surface area contributed by atoms with Gasteiger partial charge in [-0.15, -0.1) is 0 Å². The molecule has 23 heavy (non-hydrogen) atoms. The van der Waals surface area contributed by atoms with Crippen LogP contribution in [0.15, 0.2) is 29.1 Å². The molecule has 0 saturated carbocycles. The van der Waals surface area contributed by atoms with Crippen LogP contribution in [-0.2, 0) is 0 Å². The van der Waals surface area contributed by atoms with E-state index in [1.807, 2.05) is 12.1 Å². The van der Waals surface area contributed by atoms with Gasteiger partial charge in [-0.25, -0.2) is 0 Å². The molecule has 120 valence electrons. The zero-order valence-corrected chi connectivity index (χ0v) is 14.4. The number of fused-ring (bicyclic) bond motifs is 3. The van der Waals surface area contributed by atoms with E-state index in [1.165, 1.54) is 11.3 Å². The highest BCUT2D eigenvalue weighted by molar-refractivity contribution is 7.73. The first-order valence-electron chi connectivity index (χ1n) is 7.58. The largest absolute Gasteiger partial charge is 0.351 e. The highest BCUT2D eigenvalue weighted by atomic mass is 32.1. The van der Waals surface area contributed by atoms with E-state index in [1.54, 1.807) is 16.5 Å². The maximum absolute atomic E-state index is 12.4. The quantitative estimate of drug-likeness (QED) is 0.548. The lowest BCUT2D eigenvalue weighted by Gasteiger charge is -2.04. The third kappa shape index (κ3) is 2.94. The lowest BCUT2D eigenvalue weighted by atomic mass is 10.2. The van der Waals surface area contributed by atoms with Gasteiger partial charge in [0.15, 0.2) is 3.95 Å². The second-order valence-corrected chi connectivity index (χ2v) is 6.96. The maximum atomic E-state index is 12.4. The molecule has 3 aromatic rings. The average molecular weight is 347 g/mol. The van der Waals surface area contributed by atoms with Crippen LogP contribution in [0.1, 0.15) is 35.9 Å². The van der Waals surface area contributed by atoms with Gasteiger partial charge in [-0.1, -0.05) is 43.2 Å². The molecule has 3 rings (SSSR count). The molecule has 0 aliphatic carbocycles. The van der Waals surface area contributed by atoms with Crippen LogP contribution in [0.3, 0.4) is 0 Å². The Kier molecular flexibility index (Phi) is 4.58. The fraction of sp³-hybridized carbons (Fsp3) is 0.312. The lowest BCUT2D eigenvalue weighted by molar-refractivity contribution is 0.0958. The van der Waals surface area contributed by atoms with Crippen molar-refractivity contribution in [2.75, 3.05) is 6.54 Å². The summed E-state index contributed by atoms with van der Waals surface area (Å²) in [4.78, 5) is 27.9. The minimum absolute atomic E-state index is 0.189. The van der Waals surface area contributed by atoms with E-state index < -0.39 is 0 Å². The summed E-state index contributed by atoms with van der Waals surface area (Å²) in [6.45, 7) is 2.74. The molecule has 2 N–H and O–H groups in total. The summed E-state index contributed by atoms with van der Waals surface area (Å²) in [6.07, 6.45) is 3.12. The number of thiazole rings is 1. The molecule has 0 aliphatic rings. The smallest absolute Gasteiger partial charge is 0.265 e. The topological polar surface area (TPSA) is 66.4 Å². The van der Waals surface area contributed by atoms with Gasteiger partial charge in [0.1, 0.15) is 10.5 Å². The van der Waals surface area contributed by atoms with Crippen molar-refractivity contribution in [3.8, 4) is 0 Å². The van der Waals surface area contributed by atoms with Crippen molar-refractivity contribution in [3.63, 3.8) is 0 Å². The summed E-state index contributed by atoms with van der Waals surface area (Å²) in [5, 5.41) is 3.46. The summed E-state index contributed by atoms with van der Waals surface area (Å²) in [6, 6.07) is 7.24. The number of unbranched alkanes of at least 4 members (excludes halogenated alkanes) is 2. The van der Waals surface area contributed by atoms with Crippen LogP contribution in [0.25, 0.3) is 16.6 Å². The van der Waals surface area contributed by atoms with Gasteiger partial charge in [0.25, 0.3) is 11.5 Å². The molecule has 0 bridgehead atoms. The molecule has 0 atom stereocenters. The number of aromatic nitrogens is 2. The molecular formula is C16H17N3O2S2. The molecule has 0 unspecified atom stereocenters. The Morgan fingerprint density at radius 3 is 2.91 bits per heavy atom. The van der Waals surface area contributed by atoms with Gasteiger partial charge in [0.05, 0.1) is 10.9 Å². The summed E-state index contributed by atoms with van der Waals surface area (Å²) >= 11 is 6.62. The fourth-order valence-electron chi connectivity index (χ4n) is 2.55. The van der Waals surface area contributed by atoms with E-state index in [9.17, 15) is 9.59 Å². The monoisotopic (exact) mass is 347 g/mol. The molecule has 7 heteroatoms. The van der Waals surface area contributed by atoms with E-state index in [0.717, 1.165) is 24.8 Å². The minimum atomic E-state index is -0.214. The summed E-state index contributed by atoms with van der Waals surface area (Å²) in [5.74, 6) is -0.189. The summed E-state index contributed by atoms with van der Waals surface area (Å²) in [7, 11) is 0. The number of rotatable bonds is 5. The standard InChI is InChI=1S/C16H17N3O2S2/c1-2-3-6-9-17-15(21)12-13-18-14(20)10-7-4-5-8-11(10)19(13)16(22)23-12/h4-5,7-8H,2-3,6,9H2,1H3,(H,17,21)(H,18,20). The van der Waals surface area contributed by atoms with E-state index in [2.05, 4.69) is 17.2 Å². The third-order valence-electron chi connectivity index (χ3n) is 3.70. The molecule has 2 heterocycles. The predicted molar refractivity (Wildman–Crippen MR) is 96.1 cm³/mol. The zero-order chi connectivity index (χ0) is 16.4. The van der Waals surface area contributed by atoms with Gasteiger partial charge >= 0.3 is 0 Å². The van der Waals surface area contributed by atoms with E-state index >= 15 is 0 Å². The van der Waals surface area contributed by atoms with Crippen molar-refractivity contribution in [1.82, 2.24) is 14.7 Å². The van der Waals surface area contributed by atoms with Crippen molar-refractivity contribution in [2.24, 2.45) is 0 Å². The molecule has 1 aromatic carbocycles. The number of carbonyl (C=O) groups excluding carboxylic acids is 1. The van der Waals surface area contributed by atoms with Crippen molar-refractivity contribution >= 4 is 46.0 Å². The number of para-hydroxylation sites is 1. The Bertz CT molecular complexity index is 984. The summed E-state index contributed by atoms with van der Waals surface area (Å²) < 4.78 is 2.31. The Labute approximate surface area is 142 Å². The van der Waals surface area contributed by atoms with Crippen LogP contribution in [0, 0.1) is 3.95 Å².